The van der Waals surface area contributed by atoms with Crippen LogP contribution in [0.2, 0.25) is 0 Å². The highest BCUT2D eigenvalue weighted by Gasteiger charge is 2.41. The number of cyclic esters (lactones) is 1. The van der Waals surface area contributed by atoms with Crippen molar-refractivity contribution >= 4 is 92.5 Å². The molecule has 0 spiro atoms. The first-order chi connectivity index (χ1) is 34.4. The van der Waals surface area contributed by atoms with E-state index in [1.807, 2.05) is 43.3 Å². The van der Waals surface area contributed by atoms with Gasteiger partial charge in [0.25, 0.3) is 5.91 Å². The number of carbonyl (C=O) groups excluding carboxylic acids is 10. The zero-order valence-corrected chi connectivity index (χ0v) is 42.8. The quantitative estimate of drug-likeness (QED) is 0.0373. The summed E-state index contributed by atoms with van der Waals surface area (Å²) in [6.45, 7) is 1.65. The number of hydrogen-bond acceptors (Lipinski definition) is 15. The summed E-state index contributed by atoms with van der Waals surface area (Å²) in [6, 6.07) is -2.39. The number of H-pyrrole nitrogens is 1. The van der Waals surface area contributed by atoms with Crippen LogP contribution in [0.3, 0.4) is 0 Å². The Bertz CT molecular complexity index is 2280. The normalized spacial score (nSPS) is 24.8. The van der Waals surface area contributed by atoms with Crippen molar-refractivity contribution in [1.29, 1.82) is 0 Å². The number of ether oxygens (including phenoxy) is 1. The van der Waals surface area contributed by atoms with Crippen LogP contribution in [-0.4, -0.2) is 180 Å². The number of nitrogens with zero attached hydrogens (tertiary/aromatic N) is 3. The summed E-state index contributed by atoms with van der Waals surface area (Å²) in [5, 5.41) is 16.8. The maximum atomic E-state index is 14.4. The Kier molecular flexibility index (Phi) is 22.0. The smallest absolute Gasteiger partial charge is 0.329 e. The Morgan fingerprint density at radius 2 is 1.53 bits per heavy atom. The van der Waals surface area contributed by atoms with Gasteiger partial charge < -0.3 is 67.8 Å². The third-order valence-corrected chi connectivity index (χ3v) is 13.9. The molecule has 8 atom stereocenters. The number of nitrogens with one attached hydrogen (secondary N) is 7. The number of para-hydroxylation sites is 1. The molecule has 23 nitrogen and oxygen atoms in total. The number of nitrogens with two attached hydrogens (primary N) is 2. The number of aromatic nitrogens is 1. The Labute approximate surface area is 427 Å². The summed E-state index contributed by atoms with van der Waals surface area (Å²) in [5.74, 6) is -7.31. The van der Waals surface area contributed by atoms with Crippen LogP contribution in [0.5, 0.6) is 0 Å². The van der Waals surface area contributed by atoms with Gasteiger partial charge in [-0.05, 0) is 103 Å². The molecule has 1 aromatic carbocycles. The van der Waals surface area contributed by atoms with Gasteiger partial charge in [0.2, 0.25) is 47.3 Å². The monoisotopic (exact) mass is 1040 g/mol. The molecule has 0 bridgehead atoms. The fourth-order valence-electron chi connectivity index (χ4n) is 9.04. The number of rotatable bonds is 17. The van der Waals surface area contributed by atoms with Gasteiger partial charge in [-0.1, -0.05) is 29.0 Å². The van der Waals surface area contributed by atoms with Gasteiger partial charge in [0.1, 0.15) is 42.3 Å². The SMILES string of the molecule is C[C@@H]1NC(=O)C[C@@H](C(=O)N2CCC[C@H]2C(N)=O)NC(=O)[C@H](CCCCNC(=O)[C@@H](N)CSS)NC(=O)[C@@H]2CCCN2C(=O)COC(=O)[C@H](Cc2c[nH]c3ccccc23)NC(=O)[C@H](CCCCN(C)C)NC1=O. The van der Waals surface area contributed by atoms with Crippen molar-refractivity contribution in [3.63, 3.8) is 0 Å². The second kappa shape index (κ2) is 27.8. The fraction of sp³-hybridized carbons (Fsp3) is 0.617. The van der Waals surface area contributed by atoms with Gasteiger partial charge in [0.05, 0.1) is 12.5 Å². The topological polar surface area (TPSA) is 330 Å². The van der Waals surface area contributed by atoms with Gasteiger partial charge >= 0.3 is 5.97 Å². The molecule has 2 aromatic rings. The zero-order valence-electron chi connectivity index (χ0n) is 41.1. The maximum Gasteiger partial charge on any atom is 0.329 e. The van der Waals surface area contributed by atoms with Crippen molar-refractivity contribution in [2.75, 3.05) is 52.6 Å². The summed E-state index contributed by atoms with van der Waals surface area (Å²) in [7, 11) is 4.90. The minimum absolute atomic E-state index is 0.0257. The lowest BCUT2D eigenvalue weighted by molar-refractivity contribution is -0.155. The standard InChI is InChI=1S/C47H70N12O11S2/c1-27-41(63)53-32(15-7-9-19-57(2)3)44(66)56-35(22-28-24-51-31-13-5-4-12-29(28)31)47(69)70-25-39(61)58-20-11-17-37(58)45(67)54-33(14-6-8-18-50-42(64)30(48)26-72-71)43(65)55-34(23-38(60)52-27)46(68)59-21-10-16-36(59)40(49)62/h4-5,12-13,24,27,30,32-37,51,71H,6-11,14-23,25-26,48H2,1-3H3,(H2,49,62)(H,50,64)(H,52,60)(H,53,63)(H,54,67)(H,55,65)(H,56,66)/t27-,30-,32-,33-,34-,35-,36-,37-/m0/s1. The van der Waals surface area contributed by atoms with Gasteiger partial charge in [-0.2, -0.15) is 0 Å². The number of amides is 9. The Morgan fingerprint density at radius 1 is 0.861 bits per heavy atom. The van der Waals surface area contributed by atoms with Gasteiger partial charge in [-0.15, -0.1) is 11.7 Å². The molecule has 25 heteroatoms. The van der Waals surface area contributed by atoms with Crippen LogP contribution >= 0.6 is 22.5 Å². The van der Waals surface area contributed by atoms with E-state index in [9.17, 15) is 47.9 Å². The molecule has 11 N–H and O–H groups in total. The molecule has 9 amide bonds. The van der Waals surface area contributed by atoms with E-state index >= 15 is 0 Å². The van der Waals surface area contributed by atoms with E-state index < -0.39 is 120 Å². The predicted octanol–water partition coefficient (Wildman–Crippen LogP) is -1.51. The molecule has 5 rings (SSSR count). The van der Waals surface area contributed by atoms with Crippen molar-refractivity contribution in [2.24, 2.45) is 11.5 Å². The maximum absolute atomic E-state index is 14.4. The number of thiol groups is 1. The average Bonchev–Trinajstić information content (AvgIpc) is 4.14. The van der Waals surface area contributed by atoms with Gasteiger partial charge in [-0.25, -0.2) is 4.79 Å². The van der Waals surface area contributed by atoms with E-state index in [1.165, 1.54) is 16.7 Å². The van der Waals surface area contributed by atoms with Crippen LogP contribution in [0.25, 0.3) is 10.9 Å². The summed E-state index contributed by atoms with van der Waals surface area (Å²) in [5.41, 5.74) is 13.0. The molecule has 3 aliphatic heterocycles. The largest absolute Gasteiger partial charge is 0.454 e. The van der Waals surface area contributed by atoms with E-state index in [0.29, 0.717) is 44.2 Å². The van der Waals surface area contributed by atoms with Crippen LogP contribution < -0.4 is 43.4 Å². The van der Waals surface area contributed by atoms with Crippen LogP contribution in [0, 0.1) is 0 Å². The molecule has 1 aromatic heterocycles. The molecule has 0 saturated carbocycles. The number of hydrogen-bond donors (Lipinski definition) is 10. The highest BCUT2D eigenvalue weighted by molar-refractivity contribution is 8.68. The molecule has 0 aliphatic carbocycles. The molecular weight excluding hydrogens is 973 g/mol. The minimum Gasteiger partial charge on any atom is -0.454 e. The number of carbonyl (C=O) groups is 10. The lowest BCUT2D eigenvalue weighted by Gasteiger charge is -2.30. The molecule has 3 aliphatic rings. The summed E-state index contributed by atoms with van der Waals surface area (Å²) >= 11 is 4.04. The zero-order chi connectivity index (χ0) is 52.5. The second-order valence-electron chi connectivity index (χ2n) is 18.7. The molecule has 396 valence electrons. The first-order valence-corrected chi connectivity index (χ1v) is 26.5. The summed E-state index contributed by atoms with van der Waals surface area (Å²) in [6.07, 6.45) is 4.00. The molecule has 3 fully saturated rings. The number of unbranched alkanes of at least 4 members (excludes halogenated alkanes) is 2. The van der Waals surface area contributed by atoms with Crippen molar-refractivity contribution in [2.45, 2.75) is 132 Å². The average molecular weight is 1040 g/mol. The highest BCUT2D eigenvalue weighted by atomic mass is 33.1. The summed E-state index contributed by atoms with van der Waals surface area (Å²) in [4.78, 5) is 145. The number of fused-ring (bicyclic) bond motifs is 2. The van der Waals surface area contributed by atoms with Crippen LogP contribution in [0.4, 0.5) is 0 Å². The van der Waals surface area contributed by atoms with Crippen molar-refractivity contribution < 1.29 is 52.7 Å². The van der Waals surface area contributed by atoms with E-state index in [4.69, 9.17) is 16.2 Å². The van der Waals surface area contributed by atoms with E-state index in [-0.39, 0.29) is 63.9 Å². The number of esters is 1. The van der Waals surface area contributed by atoms with Crippen LogP contribution in [-0.2, 0) is 59.1 Å². The van der Waals surface area contributed by atoms with E-state index in [2.05, 4.69) is 48.5 Å². The summed E-state index contributed by atoms with van der Waals surface area (Å²) < 4.78 is 5.60. The fourth-order valence-corrected chi connectivity index (χ4v) is 9.84. The third kappa shape index (κ3) is 16.3. The predicted molar refractivity (Wildman–Crippen MR) is 270 cm³/mol. The number of primary amides is 1. The number of benzene rings is 1. The second-order valence-corrected chi connectivity index (χ2v) is 20.1. The van der Waals surface area contributed by atoms with E-state index in [1.54, 1.807) is 6.20 Å². The van der Waals surface area contributed by atoms with Crippen LogP contribution in [0.15, 0.2) is 30.5 Å². The Morgan fingerprint density at radius 3 is 2.24 bits per heavy atom. The highest BCUT2D eigenvalue weighted by Crippen LogP contribution is 2.23. The lowest BCUT2D eigenvalue weighted by atomic mass is 10.0. The molecule has 4 heterocycles. The van der Waals surface area contributed by atoms with Gasteiger partial charge in [-0.3, -0.25) is 43.2 Å². The molecule has 3 saturated heterocycles. The third-order valence-electron chi connectivity index (χ3n) is 13.0. The van der Waals surface area contributed by atoms with Crippen LogP contribution in [0.1, 0.15) is 83.1 Å². The van der Waals surface area contributed by atoms with Crippen molar-refractivity contribution in [1.82, 2.24) is 51.6 Å². The molecular formula is C47H70N12O11S2. The van der Waals surface area contributed by atoms with Gasteiger partial charge in [0.15, 0.2) is 6.61 Å². The Hall–Kier alpha value is -5.92. The molecule has 0 radical (unpaired) electrons. The molecule has 72 heavy (non-hydrogen) atoms. The number of likely N-dealkylation sites (tertiary alicyclic amines) is 1. The van der Waals surface area contributed by atoms with Crippen molar-refractivity contribution in [3.05, 3.63) is 36.0 Å². The lowest BCUT2D eigenvalue weighted by Crippen LogP contribution is -2.59. The van der Waals surface area contributed by atoms with Crippen molar-refractivity contribution in [3.8, 4) is 0 Å². The first-order valence-electron chi connectivity index (χ1n) is 24.4. The minimum atomic E-state index is -1.61. The molecule has 0 unspecified atom stereocenters. The Balaban J connectivity index is 1.47. The van der Waals surface area contributed by atoms with Gasteiger partial charge in [0, 0.05) is 48.9 Å². The first kappa shape index (κ1) is 57.0. The van der Waals surface area contributed by atoms with E-state index in [0.717, 1.165) is 21.7 Å². The number of aromatic amines is 1.